The van der Waals surface area contributed by atoms with Gasteiger partial charge in [0.25, 0.3) is 0 Å². The van der Waals surface area contributed by atoms with Crippen molar-refractivity contribution in [2.75, 3.05) is 6.61 Å². The first-order valence-corrected chi connectivity index (χ1v) is 7.95. The normalized spacial score (nSPS) is 12.5. The van der Waals surface area contributed by atoms with Crippen LogP contribution in [0.5, 0.6) is 0 Å². The topological polar surface area (TPSA) is 49.2 Å². The third kappa shape index (κ3) is 4.61. The molecule has 4 heteroatoms. The fourth-order valence-corrected chi connectivity index (χ4v) is 2.48. The van der Waals surface area contributed by atoms with E-state index in [1.54, 1.807) is 0 Å². The molecule has 0 aromatic carbocycles. The predicted octanol–water partition coefficient (Wildman–Crippen LogP) is 2.81. The Balaban J connectivity index is 2.12. The minimum absolute atomic E-state index is 0.120. The van der Waals surface area contributed by atoms with Crippen LogP contribution in [0.1, 0.15) is 37.2 Å². The van der Waals surface area contributed by atoms with Crippen molar-refractivity contribution in [1.29, 1.82) is 0 Å². The van der Waals surface area contributed by atoms with Crippen LogP contribution in [-0.2, 0) is 19.5 Å². The Bertz CT molecular complexity index is 538. The Morgan fingerprint density at radius 3 is 2.32 bits per heavy atom. The standard InChI is InChI=1S/C18H25N3O/c1-3-15-8-9-17(20-11-15)13-21(18(4-2)14-22)12-16-7-5-6-10-19-16/h5-11,18,22H,3-4,12-14H2,1-2H3/t18-/m0/s1. The zero-order chi connectivity index (χ0) is 15.8. The van der Waals surface area contributed by atoms with Crippen LogP contribution in [0.25, 0.3) is 0 Å². The molecule has 0 fully saturated rings. The van der Waals surface area contributed by atoms with E-state index in [1.807, 2.05) is 30.6 Å². The van der Waals surface area contributed by atoms with Crippen molar-refractivity contribution in [1.82, 2.24) is 14.9 Å². The van der Waals surface area contributed by atoms with Gasteiger partial charge in [0.1, 0.15) is 0 Å². The van der Waals surface area contributed by atoms with Crippen molar-refractivity contribution >= 4 is 0 Å². The van der Waals surface area contributed by atoms with Gasteiger partial charge in [0, 0.05) is 31.5 Å². The Morgan fingerprint density at radius 1 is 1.05 bits per heavy atom. The second kappa shape index (κ2) is 8.61. The van der Waals surface area contributed by atoms with Gasteiger partial charge in [-0.25, -0.2) is 0 Å². The number of hydrogen-bond acceptors (Lipinski definition) is 4. The van der Waals surface area contributed by atoms with E-state index in [2.05, 4.69) is 40.8 Å². The zero-order valence-corrected chi connectivity index (χ0v) is 13.4. The summed E-state index contributed by atoms with van der Waals surface area (Å²) in [5.74, 6) is 0. The Hall–Kier alpha value is -1.78. The SMILES string of the molecule is CCc1ccc(CN(Cc2ccccn2)[C@@H](CC)CO)nc1. The highest BCUT2D eigenvalue weighted by atomic mass is 16.3. The molecule has 1 atom stereocenters. The summed E-state index contributed by atoms with van der Waals surface area (Å²) in [6.07, 6.45) is 5.64. The van der Waals surface area contributed by atoms with E-state index in [0.29, 0.717) is 0 Å². The summed E-state index contributed by atoms with van der Waals surface area (Å²) in [5.41, 5.74) is 3.29. The summed E-state index contributed by atoms with van der Waals surface area (Å²) >= 11 is 0. The second-order valence-electron chi connectivity index (χ2n) is 5.48. The van der Waals surface area contributed by atoms with Crippen LogP contribution in [0.15, 0.2) is 42.7 Å². The molecule has 0 aliphatic rings. The van der Waals surface area contributed by atoms with Gasteiger partial charge in [-0.2, -0.15) is 0 Å². The second-order valence-corrected chi connectivity index (χ2v) is 5.48. The number of rotatable bonds is 8. The summed E-state index contributed by atoms with van der Waals surface area (Å²) in [7, 11) is 0. The quantitative estimate of drug-likeness (QED) is 0.814. The third-order valence-electron chi connectivity index (χ3n) is 3.95. The Labute approximate surface area is 132 Å². The number of aliphatic hydroxyl groups is 1. The summed E-state index contributed by atoms with van der Waals surface area (Å²) in [5, 5.41) is 9.65. The molecule has 4 nitrogen and oxygen atoms in total. The van der Waals surface area contributed by atoms with E-state index in [1.165, 1.54) is 5.56 Å². The monoisotopic (exact) mass is 299 g/mol. The van der Waals surface area contributed by atoms with Gasteiger partial charge in [-0.3, -0.25) is 14.9 Å². The van der Waals surface area contributed by atoms with Gasteiger partial charge in [0.05, 0.1) is 18.0 Å². The van der Waals surface area contributed by atoms with Crippen LogP contribution < -0.4 is 0 Å². The van der Waals surface area contributed by atoms with E-state index >= 15 is 0 Å². The van der Waals surface area contributed by atoms with Gasteiger partial charge >= 0.3 is 0 Å². The molecule has 0 saturated carbocycles. The van der Waals surface area contributed by atoms with Crippen LogP contribution in [0.2, 0.25) is 0 Å². The van der Waals surface area contributed by atoms with Crippen molar-refractivity contribution in [3.05, 3.63) is 59.7 Å². The fourth-order valence-electron chi connectivity index (χ4n) is 2.48. The number of aromatic nitrogens is 2. The van der Waals surface area contributed by atoms with Crippen molar-refractivity contribution in [2.45, 2.75) is 45.8 Å². The molecule has 0 saturated heterocycles. The molecule has 0 aliphatic heterocycles. The van der Waals surface area contributed by atoms with Crippen molar-refractivity contribution in [3.8, 4) is 0 Å². The highest BCUT2D eigenvalue weighted by Crippen LogP contribution is 2.13. The van der Waals surface area contributed by atoms with Crippen LogP contribution in [0.3, 0.4) is 0 Å². The molecule has 118 valence electrons. The molecule has 0 aliphatic carbocycles. The smallest absolute Gasteiger partial charge is 0.0587 e. The van der Waals surface area contributed by atoms with Gasteiger partial charge in [-0.05, 0) is 36.6 Å². The van der Waals surface area contributed by atoms with Crippen molar-refractivity contribution < 1.29 is 5.11 Å². The van der Waals surface area contributed by atoms with E-state index in [4.69, 9.17) is 0 Å². The lowest BCUT2D eigenvalue weighted by Crippen LogP contribution is -2.37. The van der Waals surface area contributed by atoms with Crippen LogP contribution in [-0.4, -0.2) is 32.6 Å². The summed E-state index contributed by atoms with van der Waals surface area (Å²) < 4.78 is 0. The van der Waals surface area contributed by atoms with E-state index in [9.17, 15) is 5.11 Å². The van der Waals surface area contributed by atoms with Gasteiger partial charge in [0.15, 0.2) is 0 Å². The molecular formula is C18H25N3O. The summed E-state index contributed by atoms with van der Waals surface area (Å²) in [6.45, 7) is 5.82. The lowest BCUT2D eigenvalue weighted by molar-refractivity contribution is 0.104. The average Bonchev–Trinajstić information content (AvgIpc) is 2.57. The maximum atomic E-state index is 9.65. The molecule has 2 aromatic heterocycles. The molecular weight excluding hydrogens is 274 g/mol. The van der Waals surface area contributed by atoms with Crippen LogP contribution in [0.4, 0.5) is 0 Å². The van der Waals surface area contributed by atoms with Crippen molar-refractivity contribution in [2.24, 2.45) is 0 Å². The van der Waals surface area contributed by atoms with Gasteiger partial charge < -0.3 is 5.11 Å². The fraction of sp³-hybridized carbons (Fsp3) is 0.444. The predicted molar refractivity (Wildman–Crippen MR) is 88.3 cm³/mol. The molecule has 22 heavy (non-hydrogen) atoms. The maximum absolute atomic E-state index is 9.65. The number of aliphatic hydroxyl groups excluding tert-OH is 1. The molecule has 0 radical (unpaired) electrons. The van der Waals surface area contributed by atoms with E-state index < -0.39 is 0 Å². The van der Waals surface area contributed by atoms with Crippen LogP contribution in [0, 0.1) is 0 Å². The first-order valence-electron chi connectivity index (χ1n) is 7.95. The maximum Gasteiger partial charge on any atom is 0.0587 e. The molecule has 2 rings (SSSR count). The largest absolute Gasteiger partial charge is 0.395 e. The summed E-state index contributed by atoms with van der Waals surface area (Å²) in [4.78, 5) is 11.2. The number of nitrogens with zero attached hydrogens (tertiary/aromatic N) is 3. The molecule has 2 aromatic rings. The minimum atomic E-state index is 0.120. The van der Waals surface area contributed by atoms with E-state index in [0.717, 1.165) is 37.3 Å². The number of hydrogen-bond donors (Lipinski definition) is 1. The molecule has 0 bridgehead atoms. The zero-order valence-electron chi connectivity index (χ0n) is 13.4. The number of pyridine rings is 2. The highest BCUT2D eigenvalue weighted by molar-refractivity contribution is 5.14. The molecule has 0 spiro atoms. The lowest BCUT2D eigenvalue weighted by atomic mass is 10.1. The van der Waals surface area contributed by atoms with Crippen molar-refractivity contribution in [3.63, 3.8) is 0 Å². The summed E-state index contributed by atoms with van der Waals surface area (Å²) in [6, 6.07) is 10.3. The Kier molecular flexibility index (Phi) is 6.49. The van der Waals surface area contributed by atoms with Gasteiger partial charge in [-0.15, -0.1) is 0 Å². The molecule has 1 N–H and O–H groups in total. The molecule has 0 amide bonds. The van der Waals surface area contributed by atoms with Crippen LogP contribution >= 0.6 is 0 Å². The first-order chi connectivity index (χ1) is 10.8. The molecule has 2 heterocycles. The van der Waals surface area contributed by atoms with Gasteiger partial charge in [-0.1, -0.05) is 26.0 Å². The first kappa shape index (κ1) is 16.6. The minimum Gasteiger partial charge on any atom is -0.395 e. The van der Waals surface area contributed by atoms with Gasteiger partial charge in [0.2, 0.25) is 0 Å². The Morgan fingerprint density at radius 2 is 1.82 bits per heavy atom. The highest BCUT2D eigenvalue weighted by Gasteiger charge is 2.17. The van der Waals surface area contributed by atoms with E-state index in [-0.39, 0.29) is 12.6 Å². The third-order valence-corrected chi connectivity index (χ3v) is 3.95. The lowest BCUT2D eigenvalue weighted by Gasteiger charge is -2.29. The molecule has 0 unspecified atom stereocenters. The number of aryl methyl sites for hydroxylation is 1. The average molecular weight is 299 g/mol.